The number of rotatable bonds is 4. The van der Waals surface area contributed by atoms with Crippen LogP contribution in [0.5, 0.6) is 6.01 Å². The van der Waals surface area contributed by atoms with E-state index in [1.807, 2.05) is 48.3 Å². The smallest absolute Gasteiger partial charge is 0.306 e. The van der Waals surface area contributed by atoms with Crippen molar-refractivity contribution < 1.29 is 14.5 Å². The highest BCUT2D eigenvalue weighted by atomic mass is 16.6. The maximum Gasteiger partial charge on any atom is 0.306 e. The van der Waals surface area contributed by atoms with Crippen molar-refractivity contribution in [3.8, 4) is 6.01 Å². The predicted molar refractivity (Wildman–Crippen MR) is 74.3 cm³/mol. The zero-order valence-corrected chi connectivity index (χ0v) is 11.8. The molecule has 3 rings (SSSR count). The lowest BCUT2D eigenvalue weighted by molar-refractivity contribution is -0.647. The van der Waals surface area contributed by atoms with Gasteiger partial charge in [0.1, 0.15) is 0 Å². The van der Waals surface area contributed by atoms with E-state index in [0.29, 0.717) is 18.0 Å². The van der Waals surface area contributed by atoms with E-state index in [9.17, 15) is 5.11 Å². The molecule has 0 aliphatic heterocycles. The summed E-state index contributed by atoms with van der Waals surface area (Å²) in [6.07, 6.45) is 1.88. The van der Waals surface area contributed by atoms with E-state index >= 15 is 0 Å². The van der Waals surface area contributed by atoms with Crippen LogP contribution in [0.1, 0.15) is 5.56 Å². The number of imidazole rings is 1. The van der Waals surface area contributed by atoms with Crippen LogP contribution in [-0.4, -0.2) is 21.6 Å². The summed E-state index contributed by atoms with van der Waals surface area (Å²) < 4.78 is 3.77. The second-order valence-corrected chi connectivity index (χ2v) is 4.67. The van der Waals surface area contributed by atoms with Crippen LogP contribution >= 0.6 is 0 Å². The highest BCUT2D eigenvalue weighted by Gasteiger charge is 2.20. The fourth-order valence-electron chi connectivity index (χ4n) is 2.32. The van der Waals surface area contributed by atoms with Gasteiger partial charge in [0.2, 0.25) is 5.52 Å². The average Bonchev–Trinajstić information content (AvgIpc) is 2.77. The standard InChI is InChI=1S/C14H15N5O2/c1-18-9-19(8-10-6-4-3-5-7-10)11-12(17-21-2)15-14(20)16-13(11)18/h3-7,9H,8H2,1-2H3,(H-,15,16,17,20). The number of anilines is 1. The molecular formula is C14H15N5O2. The fraction of sp³-hybridized carbons (Fsp3) is 0.214. The SMILES string of the molecule is CONc1nc([O-])nc2c1n(Cc1ccccc1)c[n+]2C. The van der Waals surface area contributed by atoms with Gasteiger partial charge in [-0.25, -0.2) is 15.0 Å². The Balaban J connectivity index is 2.14. The Hall–Kier alpha value is -2.67. The van der Waals surface area contributed by atoms with Gasteiger partial charge in [-0.2, -0.15) is 0 Å². The van der Waals surface area contributed by atoms with E-state index in [1.54, 1.807) is 4.57 Å². The highest BCUT2D eigenvalue weighted by Crippen LogP contribution is 2.20. The number of hydrogen-bond donors (Lipinski definition) is 1. The molecule has 0 spiro atoms. The summed E-state index contributed by atoms with van der Waals surface area (Å²) in [5.74, 6) is 0.365. The molecule has 0 unspecified atom stereocenters. The normalized spacial score (nSPS) is 11.0. The molecule has 0 aliphatic rings. The first-order chi connectivity index (χ1) is 10.2. The zero-order valence-electron chi connectivity index (χ0n) is 11.8. The van der Waals surface area contributed by atoms with Crippen LogP contribution < -0.4 is 15.2 Å². The minimum absolute atomic E-state index is 0.365. The number of aryl methyl sites for hydroxylation is 1. The molecule has 3 aromatic rings. The molecule has 108 valence electrons. The van der Waals surface area contributed by atoms with Gasteiger partial charge in [-0.3, -0.25) is 9.40 Å². The van der Waals surface area contributed by atoms with Gasteiger partial charge in [0.15, 0.2) is 18.2 Å². The summed E-state index contributed by atoms with van der Waals surface area (Å²) in [4.78, 5) is 12.7. The van der Waals surface area contributed by atoms with Gasteiger partial charge < -0.3 is 5.11 Å². The first-order valence-corrected chi connectivity index (χ1v) is 6.45. The van der Waals surface area contributed by atoms with Crippen molar-refractivity contribution in [2.24, 2.45) is 7.05 Å². The Morgan fingerprint density at radius 3 is 2.76 bits per heavy atom. The number of benzene rings is 1. The van der Waals surface area contributed by atoms with Crippen molar-refractivity contribution in [3.63, 3.8) is 0 Å². The molecule has 2 heterocycles. The first kappa shape index (κ1) is 13.3. The predicted octanol–water partition coefficient (Wildman–Crippen LogP) is 0.351. The molecule has 0 radical (unpaired) electrons. The van der Waals surface area contributed by atoms with E-state index in [0.717, 1.165) is 11.1 Å². The van der Waals surface area contributed by atoms with Gasteiger partial charge in [-0.15, -0.1) is 0 Å². The molecule has 1 aromatic carbocycles. The summed E-state index contributed by atoms with van der Waals surface area (Å²) in [5.41, 5.74) is 5.07. The molecule has 0 saturated carbocycles. The van der Waals surface area contributed by atoms with Gasteiger partial charge in [0.25, 0.3) is 0 Å². The molecular weight excluding hydrogens is 270 g/mol. The van der Waals surface area contributed by atoms with Crippen LogP contribution in [0.25, 0.3) is 11.2 Å². The number of hydrogen-bond acceptors (Lipinski definition) is 5. The lowest BCUT2D eigenvalue weighted by Crippen LogP contribution is -2.27. The van der Waals surface area contributed by atoms with E-state index in [1.165, 1.54) is 7.11 Å². The lowest BCUT2D eigenvalue weighted by atomic mass is 10.2. The molecule has 1 N–H and O–H groups in total. The molecule has 7 nitrogen and oxygen atoms in total. The van der Waals surface area contributed by atoms with Crippen molar-refractivity contribution in [2.75, 3.05) is 12.6 Å². The summed E-state index contributed by atoms with van der Waals surface area (Å²) in [6, 6.07) is 9.48. The molecule has 0 bridgehead atoms. The van der Waals surface area contributed by atoms with Crippen LogP contribution in [0.2, 0.25) is 0 Å². The molecule has 0 fully saturated rings. The topological polar surface area (TPSA) is 78.9 Å². The Bertz CT molecular complexity index is 770. The van der Waals surface area contributed by atoms with Gasteiger partial charge in [-0.05, 0) is 5.56 Å². The monoisotopic (exact) mass is 285 g/mol. The summed E-state index contributed by atoms with van der Waals surface area (Å²) in [7, 11) is 3.32. The Labute approximate surface area is 121 Å². The first-order valence-electron chi connectivity index (χ1n) is 6.45. The van der Waals surface area contributed by atoms with E-state index < -0.39 is 6.01 Å². The molecule has 0 amide bonds. The molecule has 0 aliphatic carbocycles. The Kier molecular flexibility index (Phi) is 3.41. The van der Waals surface area contributed by atoms with Crippen molar-refractivity contribution in [1.29, 1.82) is 0 Å². The third-order valence-electron chi connectivity index (χ3n) is 3.17. The molecule has 7 heteroatoms. The molecule has 21 heavy (non-hydrogen) atoms. The molecule has 0 atom stereocenters. The average molecular weight is 285 g/mol. The maximum absolute atomic E-state index is 11.6. The van der Waals surface area contributed by atoms with Gasteiger partial charge in [0, 0.05) is 0 Å². The second-order valence-electron chi connectivity index (χ2n) is 4.67. The number of aromatic nitrogens is 4. The third kappa shape index (κ3) is 2.50. The van der Waals surface area contributed by atoms with Crippen LogP contribution in [0.4, 0.5) is 5.82 Å². The number of fused-ring (bicyclic) bond motifs is 1. The van der Waals surface area contributed by atoms with Crippen molar-refractivity contribution in [3.05, 3.63) is 42.2 Å². The van der Waals surface area contributed by atoms with Gasteiger partial charge >= 0.3 is 5.65 Å². The van der Waals surface area contributed by atoms with Gasteiger partial charge in [-0.1, -0.05) is 35.3 Å². The minimum atomic E-state index is -0.546. The zero-order chi connectivity index (χ0) is 14.8. The lowest BCUT2D eigenvalue weighted by Gasteiger charge is -2.06. The van der Waals surface area contributed by atoms with Crippen LogP contribution in [0.3, 0.4) is 0 Å². The van der Waals surface area contributed by atoms with E-state index in [2.05, 4.69) is 15.4 Å². The second kappa shape index (κ2) is 5.37. The van der Waals surface area contributed by atoms with Crippen molar-refractivity contribution >= 4 is 17.0 Å². The van der Waals surface area contributed by atoms with Crippen LogP contribution in [-0.2, 0) is 18.4 Å². The molecule has 2 aromatic heterocycles. The van der Waals surface area contributed by atoms with Crippen LogP contribution in [0.15, 0.2) is 36.7 Å². The quantitative estimate of drug-likeness (QED) is 0.553. The third-order valence-corrected chi connectivity index (χ3v) is 3.17. The van der Waals surface area contributed by atoms with E-state index in [4.69, 9.17) is 4.84 Å². The van der Waals surface area contributed by atoms with Gasteiger partial charge in [0.05, 0.1) is 20.7 Å². The Morgan fingerprint density at radius 1 is 1.29 bits per heavy atom. The van der Waals surface area contributed by atoms with Crippen LogP contribution in [0, 0.1) is 0 Å². The van der Waals surface area contributed by atoms with Crippen molar-refractivity contribution in [2.45, 2.75) is 6.54 Å². The Morgan fingerprint density at radius 2 is 2.05 bits per heavy atom. The van der Waals surface area contributed by atoms with E-state index in [-0.39, 0.29) is 0 Å². The van der Waals surface area contributed by atoms with Crippen molar-refractivity contribution in [1.82, 2.24) is 14.5 Å². The summed E-state index contributed by atoms with van der Waals surface area (Å²) >= 11 is 0. The summed E-state index contributed by atoms with van der Waals surface area (Å²) in [5, 5.41) is 11.6. The summed E-state index contributed by atoms with van der Waals surface area (Å²) in [6.45, 7) is 0.651. The molecule has 0 saturated heterocycles. The maximum atomic E-state index is 11.6. The minimum Gasteiger partial charge on any atom is -0.831 e. The number of nitrogens with zero attached hydrogens (tertiary/aromatic N) is 4. The largest absolute Gasteiger partial charge is 0.831 e. The highest BCUT2D eigenvalue weighted by molar-refractivity contribution is 5.81. The fourth-order valence-corrected chi connectivity index (χ4v) is 2.32. The number of nitrogens with one attached hydrogen (secondary N) is 1.